The fourth-order valence-electron chi connectivity index (χ4n) is 4.10. The Morgan fingerprint density at radius 1 is 1.03 bits per heavy atom. The standard InChI is InChI=1S/C25H32N4O5S2/c1-18-4-6-19(7-5-18)36(31,32)17-10-22(30)26-11-12-28-13-15-29(16-14-28)25-27-23-20(33-2)8-9-21(34-3)24(23)35-25/h4-9H,10-17H2,1-3H3,(H,26,30). The Hall–Kier alpha value is -2.89. The molecule has 194 valence electrons. The highest BCUT2D eigenvalue weighted by Gasteiger charge is 2.22. The molecule has 36 heavy (non-hydrogen) atoms. The molecule has 1 aliphatic rings. The molecule has 9 nitrogen and oxygen atoms in total. The summed E-state index contributed by atoms with van der Waals surface area (Å²) in [7, 11) is -0.173. The van der Waals surface area contributed by atoms with E-state index < -0.39 is 9.84 Å². The molecule has 4 rings (SSSR count). The Kier molecular flexibility index (Phi) is 8.32. The number of anilines is 1. The van der Waals surface area contributed by atoms with E-state index in [1.165, 1.54) is 0 Å². The van der Waals surface area contributed by atoms with Crippen LogP contribution >= 0.6 is 11.3 Å². The highest BCUT2D eigenvalue weighted by atomic mass is 32.2. The van der Waals surface area contributed by atoms with Gasteiger partial charge in [0.15, 0.2) is 15.0 Å². The van der Waals surface area contributed by atoms with E-state index in [0.29, 0.717) is 13.1 Å². The zero-order chi connectivity index (χ0) is 25.7. The van der Waals surface area contributed by atoms with Gasteiger partial charge in [0.1, 0.15) is 21.7 Å². The van der Waals surface area contributed by atoms with Crippen LogP contribution in [0.4, 0.5) is 5.13 Å². The number of sulfone groups is 1. The van der Waals surface area contributed by atoms with E-state index in [4.69, 9.17) is 14.5 Å². The van der Waals surface area contributed by atoms with Crippen LogP contribution in [-0.2, 0) is 14.6 Å². The Bertz CT molecular complexity index is 1260. The van der Waals surface area contributed by atoms with Crippen molar-refractivity contribution in [1.29, 1.82) is 0 Å². The van der Waals surface area contributed by atoms with Gasteiger partial charge in [-0.25, -0.2) is 13.4 Å². The van der Waals surface area contributed by atoms with E-state index in [1.807, 2.05) is 19.1 Å². The molecule has 2 heterocycles. The van der Waals surface area contributed by atoms with Crippen molar-refractivity contribution < 1.29 is 22.7 Å². The van der Waals surface area contributed by atoms with Gasteiger partial charge in [0.05, 0.1) is 24.9 Å². The minimum absolute atomic E-state index is 0.0471. The Morgan fingerprint density at radius 2 is 1.69 bits per heavy atom. The van der Waals surface area contributed by atoms with Crippen LogP contribution in [0, 0.1) is 6.92 Å². The second-order valence-corrected chi connectivity index (χ2v) is 11.8. The minimum Gasteiger partial charge on any atom is -0.495 e. The number of carbonyl (C=O) groups excluding carboxylic acids is 1. The van der Waals surface area contributed by atoms with E-state index in [1.54, 1.807) is 49.8 Å². The summed E-state index contributed by atoms with van der Waals surface area (Å²) in [6.07, 6.45) is -0.0471. The number of methoxy groups -OCH3 is 2. The molecule has 1 amide bonds. The third-order valence-electron chi connectivity index (χ3n) is 6.27. The maximum atomic E-state index is 12.4. The van der Waals surface area contributed by atoms with E-state index in [2.05, 4.69) is 15.1 Å². The summed E-state index contributed by atoms with van der Waals surface area (Å²) in [4.78, 5) is 21.8. The molecule has 1 saturated heterocycles. The number of rotatable bonds is 10. The first-order valence-electron chi connectivity index (χ1n) is 11.9. The number of carbonyl (C=O) groups is 1. The van der Waals surface area contributed by atoms with Gasteiger partial charge in [-0.1, -0.05) is 29.0 Å². The predicted molar refractivity (Wildman–Crippen MR) is 142 cm³/mol. The normalized spacial score (nSPS) is 14.7. The van der Waals surface area contributed by atoms with Crippen molar-refractivity contribution in [3.8, 4) is 11.5 Å². The van der Waals surface area contributed by atoms with Gasteiger partial charge in [-0.15, -0.1) is 0 Å². The van der Waals surface area contributed by atoms with E-state index in [0.717, 1.165) is 58.6 Å². The lowest BCUT2D eigenvalue weighted by Crippen LogP contribution is -2.48. The molecule has 3 aromatic rings. The SMILES string of the molecule is COc1ccc(OC)c2sc(N3CCN(CCNC(=O)CCS(=O)(=O)c4ccc(C)cc4)CC3)nc12. The molecule has 0 aliphatic carbocycles. The zero-order valence-electron chi connectivity index (χ0n) is 20.8. The molecule has 0 saturated carbocycles. The lowest BCUT2D eigenvalue weighted by Gasteiger charge is -2.34. The number of thiazole rings is 1. The van der Waals surface area contributed by atoms with Crippen molar-refractivity contribution in [3.63, 3.8) is 0 Å². The van der Waals surface area contributed by atoms with Gasteiger partial charge in [0.25, 0.3) is 0 Å². The van der Waals surface area contributed by atoms with Crippen LogP contribution in [0.2, 0.25) is 0 Å². The Balaban J connectivity index is 1.22. The molecule has 1 aromatic heterocycles. The molecule has 0 radical (unpaired) electrons. The molecule has 0 unspecified atom stereocenters. The van der Waals surface area contributed by atoms with Gasteiger partial charge in [-0.05, 0) is 31.2 Å². The maximum absolute atomic E-state index is 12.4. The summed E-state index contributed by atoms with van der Waals surface area (Å²) in [5, 5.41) is 3.79. The number of amides is 1. The minimum atomic E-state index is -3.47. The van der Waals surface area contributed by atoms with Gasteiger partial charge in [0.2, 0.25) is 5.91 Å². The second-order valence-electron chi connectivity index (χ2n) is 8.70. The number of benzene rings is 2. The van der Waals surface area contributed by atoms with Crippen molar-refractivity contribution in [2.24, 2.45) is 0 Å². The number of ether oxygens (including phenoxy) is 2. The number of piperazine rings is 1. The lowest BCUT2D eigenvalue weighted by molar-refractivity contribution is -0.120. The van der Waals surface area contributed by atoms with E-state index in [-0.39, 0.29) is 23.0 Å². The van der Waals surface area contributed by atoms with Crippen LogP contribution in [-0.4, -0.2) is 83.4 Å². The summed E-state index contributed by atoms with van der Waals surface area (Å²) in [6, 6.07) is 10.5. The number of fused-ring (bicyclic) bond motifs is 1. The largest absolute Gasteiger partial charge is 0.495 e. The molecular weight excluding hydrogens is 500 g/mol. The lowest BCUT2D eigenvalue weighted by atomic mass is 10.2. The van der Waals surface area contributed by atoms with Gasteiger partial charge in [0, 0.05) is 45.7 Å². The van der Waals surface area contributed by atoms with E-state index in [9.17, 15) is 13.2 Å². The number of hydrogen-bond donors (Lipinski definition) is 1. The van der Waals surface area contributed by atoms with Crippen LogP contribution in [0.15, 0.2) is 41.3 Å². The van der Waals surface area contributed by atoms with Crippen molar-refractivity contribution in [1.82, 2.24) is 15.2 Å². The number of aromatic nitrogens is 1. The molecule has 1 N–H and O–H groups in total. The summed E-state index contributed by atoms with van der Waals surface area (Å²) >= 11 is 1.60. The smallest absolute Gasteiger partial charge is 0.221 e. The molecule has 11 heteroatoms. The number of hydrogen-bond acceptors (Lipinski definition) is 9. The molecular formula is C25H32N4O5S2. The van der Waals surface area contributed by atoms with Crippen LogP contribution in [0.25, 0.3) is 10.2 Å². The average molecular weight is 533 g/mol. The Morgan fingerprint density at radius 3 is 2.36 bits per heavy atom. The first-order chi connectivity index (χ1) is 17.3. The Labute approximate surface area is 215 Å². The molecule has 0 bridgehead atoms. The van der Waals surface area contributed by atoms with Crippen molar-refractivity contribution in [2.75, 3.05) is 64.1 Å². The molecule has 1 fully saturated rings. The summed E-state index contributed by atoms with van der Waals surface area (Å²) < 4.78 is 36.8. The molecule has 1 aliphatic heterocycles. The van der Waals surface area contributed by atoms with E-state index >= 15 is 0 Å². The third-order valence-corrected chi connectivity index (χ3v) is 9.13. The highest BCUT2D eigenvalue weighted by molar-refractivity contribution is 7.91. The first-order valence-corrected chi connectivity index (χ1v) is 14.3. The predicted octanol–water partition coefficient (Wildman–Crippen LogP) is 2.72. The summed E-state index contributed by atoms with van der Waals surface area (Å²) in [5.74, 6) is 1.07. The first kappa shape index (κ1) is 26.2. The molecule has 0 spiro atoms. The third kappa shape index (κ3) is 6.08. The monoisotopic (exact) mass is 532 g/mol. The van der Waals surface area contributed by atoms with Gasteiger partial charge >= 0.3 is 0 Å². The van der Waals surface area contributed by atoms with Crippen LogP contribution in [0.3, 0.4) is 0 Å². The fourth-order valence-corrected chi connectivity index (χ4v) is 6.47. The zero-order valence-corrected chi connectivity index (χ0v) is 22.5. The average Bonchev–Trinajstić information content (AvgIpc) is 3.33. The number of aryl methyl sites for hydroxylation is 1. The van der Waals surface area contributed by atoms with Crippen molar-refractivity contribution in [3.05, 3.63) is 42.0 Å². The topological polar surface area (TPSA) is 101 Å². The van der Waals surface area contributed by atoms with Crippen molar-refractivity contribution in [2.45, 2.75) is 18.2 Å². The van der Waals surface area contributed by atoms with Gasteiger partial charge in [-0.3, -0.25) is 9.69 Å². The number of nitrogens with zero attached hydrogens (tertiary/aromatic N) is 3. The van der Waals surface area contributed by atoms with Crippen LogP contribution in [0.5, 0.6) is 11.5 Å². The van der Waals surface area contributed by atoms with Gasteiger partial charge < -0.3 is 19.7 Å². The highest BCUT2D eigenvalue weighted by Crippen LogP contribution is 2.40. The second kappa shape index (κ2) is 11.4. The van der Waals surface area contributed by atoms with Crippen LogP contribution < -0.4 is 19.7 Å². The van der Waals surface area contributed by atoms with Crippen LogP contribution in [0.1, 0.15) is 12.0 Å². The molecule has 2 aromatic carbocycles. The maximum Gasteiger partial charge on any atom is 0.221 e. The summed E-state index contributed by atoms with van der Waals surface area (Å²) in [5.41, 5.74) is 1.81. The number of nitrogens with one attached hydrogen (secondary N) is 1. The molecule has 0 atom stereocenters. The van der Waals surface area contributed by atoms with Gasteiger partial charge in [-0.2, -0.15) is 0 Å². The quantitative estimate of drug-likeness (QED) is 0.425. The fraction of sp³-hybridized carbons (Fsp3) is 0.440. The summed E-state index contributed by atoms with van der Waals surface area (Å²) in [6.45, 7) is 6.45. The van der Waals surface area contributed by atoms with Crippen molar-refractivity contribution >= 4 is 42.4 Å².